The van der Waals surface area contributed by atoms with E-state index in [2.05, 4.69) is 5.10 Å². The molecule has 2 aromatic rings. The number of aryl methyl sites for hydroxylation is 1. The fourth-order valence-corrected chi connectivity index (χ4v) is 3.91. The fraction of sp³-hybridized carbons (Fsp3) is 0.500. The van der Waals surface area contributed by atoms with Crippen LogP contribution in [0.15, 0.2) is 41.2 Å². The fourth-order valence-electron chi connectivity index (χ4n) is 3.91. The van der Waals surface area contributed by atoms with Gasteiger partial charge in [0.15, 0.2) is 0 Å². The molecule has 0 bridgehead atoms. The van der Waals surface area contributed by atoms with Gasteiger partial charge in [-0.15, -0.1) is 0 Å². The highest BCUT2D eigenvalue weighted by Crippen LogP contribution is 2.28. The van der Waals surface area contributed by atoms with Gasteiger partial charge in [0.1, 0.15) is 0 Å². The molecule has 2 heterocycles. The number of hydrogen-bond acceptors (Lipinski definition) is 4. The van der Waals surface area contributed by atoms with Gasteiger partial charge >= 0.3 is 0 Å². The van der Waals surface area contributed by atoms with Crippen molar-refractivity contribution in [3.63, 3.8) is 0 Å². The SMILES string of the molecule is Cn1nc(-c2cccc(C(=O)N(CC3CCC3)CC3CCCO3)c2)ccc1=O. The van der Waals surface area contributed by atoms with Crippen LogP contribution < -0.4 is 5.56 Å². The Labute approximate surface area is 165 Å². The summed E-state index contributed by atoms with van der Waals surface area (Å²) in [7, 11) is 1.63. The number of nitrogens with zero attached hydrogens (tertiary/aromatic N) is 3. The zero-order valence-electron chi connectivity index (χ0n) is 16.3. The monoisotopic (exact) mass is 381 g/mol. The van der Waals surface area contributed by atoms with E-state index in [0.717, 1.165) is 31.6 Å². The average Bonchev–Trinajstić information content (AvgIpc) is 3.18. The molecular weight excluding hydrogens is 354 g/mol. The van der Waals surface area contributed by atoms with E-state index >= 15 is 0 Å². The van der Waals surface area contributed by atoms with Crippen LogP contribution in [0.1, 0.15) is 42.5 Å². The summed E-state index contributed by atoms with van der Waals surface area (Å²) >= 11 is 0. The third-order valence-electron chi connectivity index (χ3n) is 5.80. The number of hydrogen-bond donors (Lipinski definition) is 0. The Kier molecular flexibility index (Phi) is 5.57. The molecule has 4 rings (SSSR count). The van der Waals surface area contributed by atoms with E-state index in [1.54, 1.807) is 13.1 Å². The minimum Gasteiger partial charge on any atom is -0.376 e. The maximum absolute atomic E-state index is 13.3. The molecule has 0 radical (unpaired) electrons. The molecule has 2 aliphatic rings. The van der Waals surface area contributed by atoms with Gasteiger partial charge in [0.25, 0.3) is 11.5 Å². The standard InChI is InChI=1S/C22H27N3O3/c1-24-21(26)11-10-20(23-24)17-7-3-8-18(13-17)22(27)25(14-16-5-2-6-16)15-19-9-4-12-28-19/h3,7-8,10-11,13,16,19H,2,4-6,9,12,14-15H2,1H3. The molecule has 1 aliphatic carbocycles. The normalized spacial score (nSPS) is 19.4. The number of ether oxygens (including phenoxy) is 1. The lowest BCUT2D eigenvalue weighted by atomic mass is 9.85. The molecule has 1 atom stereocenters. The number of carbonyl (C=O) groups is 1. The molecule has 0 spiro atoms. The Morgan fingerprint density at radius 2 is 2.04 bits per heavy atom. The van der Waals surface area contributed by atoms with E-state index in [9.17, 15) is 9.59 Å². The van der Waals surface area contributed by atoms with E-state index < -0.39 is 0 Å². The lowest BCUT2D eigenvalue weighted by Gasteiger charge is -2.33. The smallest absolute Gasteiger partial charge is 0.266 e. The summed E-state index contributed by atoms with van der Waals surface area (Å²) in [4.78, 5) is 26.9. The predicted octanol–water partition coefficient (Wildman–Crippen LogP) is 2.87. The predicted molar refractivity (Wildman–Crippen MR) is 107 cm³/mol. The molecule has 1 saturated heterocycles. The largest absolute Gasteiger partial charge is 0.376 e. The van der Waals surface area contributed by atoms with E-state index in [1.165, 1.54) is 30.0 Å². The Balaban J connectivity index is 1.56. The molecule has 2 fully saturated rings. The van der Waals surface area contributed by atoms with Crippen molar-refractivity contribution in [1.29, 1.82) is 0 Å². The quantitative estimate of drug-likeness (QED) is 0.772. The van der Waals surface area contributed by atoms with Crippen LogP contribution in [0.5, 0.6) is 0 Å². The van der Waals surface area contributed by atoms with Crippen molar-refractivity contribution >= 4 is 5.91 Å². The van der Waals surface area contributed by atoms with E-state index in [-0.39, 0.29) is 17.6 Å². The lowest BCUT2D eigenvalue weighted by Crippen LogP contribution is -2.41. The molecule has 0 N–H and O–H groups in total. The van der Waals surface area contributed by atoms with E-state index in [0.29, 0.717) is 23.7 Å². The average molecular weight is 381 g/mol. The first-order valence-electron chi connectivity index (χ1n) is 10.2. The third kappa shape index (κ3) is 4.17. The zero-order chi connectivity index (χ0) is 19.5. The number of rotatable bonds is 6. The number of aromatic nitrogens is 2. The first kappa shape index (κ1) is 18.9. The molecular formula is C22H27N3O3. The molecule has 1 aromatic heterocycles. The van der Waals surface area contributed by atoms with Crippen LogP contribution in [-0.2, 0) is 11.8 Å². The first-order valence-corrected chi connectivity index (χ1v) is 10.2. The van der Waals surface area contributed by atoms with Gasteiger partial charge in [-0.25, -0.2) is 4.68 Å². The number of benzene rings is 1. The van der Waals surface area contributed by atoms with Crippen molar-refractivity contribution in [2.24, 2.45) is 13.0 Å². The van der Waals surface area contributed by atoms with Gasteiger partial charge in [0.05, 0.1) is 11.8 Å². The summed E-state index contributed by atoms with van der Waals surface area (Å²) in [5.74, 6) is 0.660. The maximum Gasteiger partial charge on any atom is 0.266 e. The zero-order valence-corrected chi connectivity index (χ0v) is 16.3. The second kappa shape index (κ2) is 8.27. The minimum atomic E-state index is -0.154. The first-order chi connectivity index (χ1) is 13.6. The second-order valence-corrected chi connectivity index (χ2v) is 7.90. The van der Waals surface area contributed by atoms with Crippen molar-refractivity contribution in [2.45, 2.75) is 38.2 Å². The summed E-state index contributed by atoms with van der Waals surface area (Å²) in [5.41, 5.74) is 2.02. The molecule has 1 unspecified atom stereocenters. The lowest BCUT2D eigenvalue weighted by molar-refractivity contribution is 0.0448. The van der Waals surface area contributed by atoms with E-state index in [1.807, 2.05) is 29.2 Å². The van der Waals surface area contributed by atoms with Crippen molar-refractivity contribution in [3.8, 4) is 11.3 Å². The van der Waals surface area contributed by atoms with Crippen LogP contribution in [0.4, 0.5) is 0 Å². The van der Waals surface area contributed by atoms with Gasteiger partial charge < -0.3 is 9.64 Å². The van der Waals surface area contributed by atoms with E-state index in [4.69, 9.17) is 4.74 Å². The second-order valence-electron chi connectivity index (χ2n) is 7.90. The van der Waals surface area contributed by atoms with Gasteiger partial charge in [-0.3, -0.25) is 9.59 Å². The topological polar surface area (TPSA) is 64.4 Å². The van der Waals surface area contributed by atoms with Gasteiger partial charge in [-0.1, -0.05) is 18.6 Å². The van der Waals surface area contributed by atoms with Crippen molar-refractivity contribution in [1.82, 2.24) is 14.7 Å². The van der Waals surface area contributed by atoms with Crippen molar-refractivity contribution < 1.29 is 9.53 Å². The van der Waals surface area contributed by atoms with Gasteiger partial charge in [0, 0.05) is 43.9 Å². The molecule has 148 valence electrons. The van der Waals surface area contributed by atoms with Crippen molar-refractivity contribution in [3.05, 3.63) is 52.3 Å². The van der Waals surface area contributed by atoms with Gasteiger partial charge in [-0.05, 0) is 49.8 Å². The molecule has 1 saturated carbocycles. The van der Waals surface area contributed by atoms with Gasteiger partial charge in [-0.2, -0.15) is 5.10 Å². The Hall–Kier alpha value is -2.47. The summed E-state index contributed by atoms with van der Waals surface area (Å²) in [6, 6.07) is 10.7. The molecule has 6 nitrogen and oxygen atoms in total. The summed E-state index contributed by atoms with van der Waals surface area (Å²) in [6.45, 7) is 2.27. The Morgan fingerprint density at radius 1 is 1.18 bits per heavy atom. The van der Waals surface area contributed by atoms with Crippen LogP contribution in [0.2, 0.25) is 0 Å². The molecule has 28 heavy (non-hydrogen) atoms. The van der Waals surface area contributed by atoms with Gasteiger partial charge in [0.2, 0.25) is 0 Å². The van der Waals surface area contributed by atoms with Crippen LogP contribution in [0.25, 0.3) is 11.3 Å². The van der Waals surface area contributed by atoms with Crippen LogP contribution in [-0.4, -0.2) is 46.4 Å². The summed E-state index contributed by atoms with van der Waals surface area (Å²) < 4.78 is 7.09. The minimum absolute atomic E-state index is 0.0501. The summed E-state index contributed by atoms with van der Waals surface area (Å²) in [5, 5.41) is 4.30. The van der Waals surface area contributed by atoms with Crippen LogP contribution in [0, 0.1) is 5.92 Å². The van der Waals surface area contributed by atoms with Crippen LogP contribution in [0.3, 0.4) is 0 Å². The Bertz CT molecular complexity index is 898. The number of carbonyl (C=O) groups excluding carboxylic acids is 1. The molecule has 1 amide bonds. The molecule has 1 aromatic carbocycles. The summed E-state index contributed by atoms with van der Waals surface area (Å²) in [6.07, 6.45) is 5.92. The Morgan fingerprint density at radius 3 is 2.71 bits per heavy atom. The highest BCUT2D eigenvalue weighted by atomic mass is 16.5. The highest BCUT2D eigenvalue weighted by Gasteiger charge is 2.28. The third-order valence-corrected chi connectivity index (χ3v) is 5.80. The molecule has 1 aliphatic heterocycles. The number of amides is 1. The molecule has 6 heteroatoms. The van der Waals surface area contributed by atoms with Crippen LogP contribution >= 0.6 is 0 Å². The van der Waals surface area contributed by atoms with Crippen molar-refractivity contribution in [2.75, 3.05) is 19.7 Å². The highest BCUT2D eigenvalue weighted by molar-refractivity contribution is 5.95. The maximum atomic E-state index is 13.3.